The van der Waals surface area contributed by atoms with Crippen molar-refractivity contribution in [3.8, 4) is 0 Å². The molecule has 1 aromatic carbocycles. The second kappa shape index (κ2) is 8.79. The van der Waals surface area contributed by atoms with Crippen molar-refractivity contribution >= 4 is 23.3 Å². The van der Waals surface area contributed by atoms with Crippen molar-refractivity contribution in [1.82, 2.24) is 10.3 Å². The molecule has 3 heterocycles. The number of benzene rings is 1. The zero-order chi connectivity index (χ0) is 21.1. The summed E-state index contributed by atoms with van der Waals surface area (Å²) in [5.41, 5.74) is 1.90. The van der Waals surface area contributed by atoms with Gasteiger partial charge in [0.15, 0.2) is 0 Å². The number of anilines is 2. The van der Waals surface area contributed by atoms with Crippen molar-refractivity contribution in [3.05, 3.63) is 53.5 Å². The number of nitrogens with zero attached hydrogens (tertiary/aromatic N) is 3. The molecular formula is C22H25FN4O3. The largest absolute Gasteiger partial charge is 0.378 e. The minimum atomic E-state index is -0.456. The summed E-state index contributed by atoms with van der Waals surface area (Å²) in [7, 11) is 0. The van der Waals surface area contributed by atoms with Crippen molar-refractivity contribution in [3.63, 3.8) is 0 Å². The number of hydrogen-bond acceptors (Lipinski definition) is 5. The summed E-state index contributed by atoms with van der Waals surface area (Å²) in [6, 6.07) is 8.57. The van der Waals surface area contributed by atoms with Gasteiger partial charge in [-0.15, -0.1) is 0 Å². The van der Waals surface area contributed by atoms with E-state index in [1.807, 2.05) is 12.1 Å². The molecule has 30 heavy (non-hydrogen) atoms. The van der Waals surface area contributed by atoms with E-state index < -0.39 is 5.92 Å². The Morgan fingerprint density at radius 2 is 2.07 bits per heavy atom. The van der Waals surface area contributed by atoms with Gasteiger partial charge >= 0.3 is 0 Å². The molecule has 2 aliphatic heterocycles. The Morgan fingerprint density at radius 1 is 1.27 bits per heavy atom. The number of halogens is 1. The molecule has 2 aliphatic rings. The van der Waals surface area contributed by atoms with Crippen molar-refractivity contribution in [2.24, 2.45) is 5.92 Å². The topological polar surface area (TPSA) is 74.8 Å². The summed E-state index contributed by atoms with van der Waals surface area (Å²) < 4.78 is 19.2. The Kier molecular flexibility index (Phi) is 5.94. The Bertz CT molecular complexity index is 928. The smallest absolute Gasteiger partial charge is 0.227 e. The Balaban J connectivity index is 1.32. The highest BCUT2D eigenvalue weighted by Gasteiger charge is 2.35. The third-order valence-electron chi connectivity index (χ3n) is 5.57. The molecular weight excluding hydrogens is 387 g/mol. The summed E-state index contributed by atoms with van der Waals surface area (Å²) in [5, 5.41) is 2.89. The van der Waals surface area contributed by atoms with Gasteiger partial charge < -0.3 is 19.9 Å². The van der Waals surface area contributed by atoms with Crippen LogP contribution in [0.15, 0.2) is 36.5 Å². The first-order chi connectivity index (χ1) is 14.5. The quantitative estimate of drug-likeness (QED) is 0.814. The molecule has 158 valence electrons. The molecule has 2 aromatic rings. The molecule has 0 aliphatic carbocycles. The van der Waals surface area contributed by atoms with E-state index in [4.69, 9.17) is 4.74 Å². The van der Waals surface area contributed by atoms with E-state index in [1.54, 1.807) is 25.3 Å². The highest BCUT2D eigenvalue weighted by molar-refractivity contribution is 6.00. The molecule has 0 bridgehead atoms. The van der Waals surface area contributed by atoms with Crippen LogP contribution in [0, 0.1) is 18.7 Å². The third kappa shape index (κ3) is 4.43. The van der Waals surface area contributed by atoms with Gasteiger partial charge in [0.25, 0.3) is 0 Å². The zero-order valence-corrected chi connectivity index (χ0v) is 16.9. The van der Waals surface area contributed by atoms with Gasteiger partial charge in [-0.3, -0.25) is 9.59 Å². The van der Waals surface area contributed by atoms with E-state index in [0.717, 1.165) is 24.5 Å². The lowest BCUT2D eigenvalue weighted by atomic mass is 10.1. The number of morpholine rings is 1. The molecule has 0 spiro atoms. The number of aromatic nitrogens is 1. The van der Waals surface area contributed by atoms with Crippen molar-refractivity contribution < 1.29 is 18.7 Å². The molecule has 2 amide bonds. The average Bonchev–Trinajstić information content (AvgIpc) is 3.17. The van der Waals surface area contributed by atoms with Crippen LogP contribution in [0.4, 0.5) is 15.9 Å². The normalized spacial score (nSPS) is 19.3. The first kappa shape index (κ1) is 20.3. The fourth-order valence-corrected chi connectivity index (χ4v) is 3.72. The van der Waals surface area contributed by atoms with Gasteiger partial charge in [-0.2, -0.15) is 0 Å². The SMILES string of the molecule is Cc1ccc(N2CC(C(=O)NCc3ccc(N4CCOCC4)nc3)CC2=O)cc1F. The molecule has 1 aromatic heterocycles. The third-order valence-corrected chi connectivity index (χ3v) is 5.57. The zero-order valence-electron chi connectivity index (χ0n) is 16.9. The van der Waals surface area contributed by atoms with E-state index in [0.29, 0.717) is 31.0 Å². The summed E-state index contributed by atoms with van der Waals surface area (Å²) in [6.07, 6.45) is 1.88. The summed E-state index contributed by atoms with van der Waals surface area (Å²) >= 11 is 0. The summed E-state index contributed by atoms with van der Waals surface area (Å²) in [4.78, 5) is 33.0. The fraction of sp³-hybridized carbons (Fsp3) is 0.409. The van der Waals surface area contributed by atoms with E-state index in [9.17, 15) is 14.0 Å². The predicted molar refractivity (Wildman–Crippen MR) is 111 cm³/mol. The van der Waals surface area contributed by atoms with Crippen LogP contribution in [0.3, 0.4) is 0 Å². The number of rotatable bonds is 5. The van der Waals surface area contributed by atoms with Crippen LogP contribution >= 0.6 is 0 Å². The van der Waals surface area contributed by atoms with E-state index >= 15 is 0 Å². The molecule has 8 heteroatoms. The number of nitrogens with one attached hydrogen (secondary N) is 1. The molecule has 0 radical (unpaired) electrons. The number of hydrogen-bond donors (Lipinski definition) is 1. The van der Waals surface area contributed by atoms with Crippen LogP contribution < -0.4 is 15.1 Å². The van der Waals surface area contributed by atoms with Crippen LogP contribution in [0.5, 0.6) is 0 Å². The predicted octanol–water partition coefficient (Wildman–Crippen LogP) is 2.04. The van der Waals surface area contributed by atoms with Crippen LogP contribution in [0.1, 0.15) is 17.5 Å². The number of aryl methyl sites for hydroxylation is 1. The van der Waals surface area contributed by atoms with Crippen LogP contribution in [0.2, 0.25) is 0 Å². The lowest BCUT2D eigenvalue weighted by molar-refractivity contribution is -0.126. The lowest BCUT2D eigenvalue weighted by Crippen LogP contribution is -2.36. The maximum absolute atomic E-state index is 13.8. The standard InChI is InChI=1S/C22H25FN4O3/c1-15-2-4-18(11-19(15)23)27-14-17(10-21(27)28)22(29)25-13-16-3-5-20(24-12-16)26-6-8-30-9-7-26/h2-5,11-12,17H,6-10,13-14H2,1H3,(H,25,29). The Labute approximate surface area is 174 Å². The van der Waals surface area contributed by atoms with Crippen LogP contribution in [0.25, 0.3) is 0 Å². The van der Waals surface area contributed by atoms with E-state index in [2.05, 4.69) is 15.2 Å². The van der Waals surface area contributed by atoms with Gasteiger partial charge in [-0.1, -0.05) is 12.1 Å². The number of carbonyl (C=O) groups excluding carboxylic acids is 2. The second-order valence-electron chi connectivity index (χ2n) is 7.68. The molecule has 1 unspecified atom stereocenters. The highest BCUT2D eigenvalue weighted by Crippen LogP contribution is 2.26. The number of ether oxygens (including phenoxy) is 1. The van der Waals surface area contributed by atoms with E-state index in [-0.39, 0.29) is 30.6 Å². The van der Waals surface area contributed by atoms with Crippen molar-refractivity contribution in [1.29, 1.82) is 0 Å². The molecule has 2 fully saturated rings. The Hall–Kier alpha value is -3.00. The van der Waals surface area contributed by atoms with Crippen molar-refractivity contribution in [2.75, 3.05) is 42.6 Å². The van der Waals surface area contributed by atoms with Gasteiger partial charge in [-0.25, -0.2) is 9.37 Å². The minimum absolute atomic E-state index is 0.121. The average molecular weight is 412 g/mol. The fourth-order valence-electron chi connectivity index (χ4n) is 3.72. The molecule has 1 N–H and O–H groups in total. The monoisotopic (exact) mass is 412 g/mol. The van der Waals surface area contributed by atoms with Gasteiger partial charge in [0.05, 0.1) is 19.1 Å². The van der Waals surface area contributed by atoms with Gasteiger partial charge in [0, 0.05) is 44.5 Å². The maximum atomic E-state index is 13.8. The number of carbonyl (C=O) groups is 2. The molecule has 2 saturated heterocycles. The first-order valence-corrected chi connectivity index (χ1v) is 10.1. The molecule has 0 saturated carbocycles. The van der Waals surface area contributed by atoms with Crippen LogP contribution in [-0.4, -0.2) is 49.6 Å². The molecule has 4 rings (SSSR count). The second-order valence-corrected chi connectivity index (χ2v) is 7.68. The highest BCUT2D eigenvalue weighted by atomic mass is 19.1. The van der Waals surface area contributed by atoms with E-state index in [1.165, 1.54) is 11.0 Å². The minimum Gasteiger partial charge on any atom is -0.378 e. The number of pyridine rings is 1. The lowest BCUT2D eigenvalue weighted by Gasteiger charge is -2.27. The van der Waals surface area contributed by atoms with Gasteiger partial charge in [0.1, 0.15) is 11.6 Å². The maximum Gasteiger partial charge on any atom is 0.227 e. The van der Waals surface area contributed by atoms with Crippen molar-refractivity contribution in [2.45, 2.75) is 19.9 Å². The van der Waals surface area contributed by atoms with Gasteiger partial charge in [0.2, 0.25) is 11.8 Å². The molecule has 7 nitrogen and oxygen atoms in total. The first-order valence-electron chi connectivity index (χ1n) is 10.1. The molecule has 1 atom stereocenters. The Morgan fingerprint density at radius 3 is 2.77 bits per heavy atom. The number of amides is 2. The summed E-state index contributed by atoms with van der Waals surface area (Å²) in [6.45, 7) is 5.31. The summed E-state index contributed by atoms with van der Waals surface area (Å²) in [5.74, 6) is -0.273. The van der Waals surface area contributed by atoms with Crippen LogP contribution in [-0.2, 0) is 20.9 Å². The van der Waals surface area contributed by atoms with Gasteiger partial charge in [-0.05, 0) is 36.2 Å².